The Morgan fingerprint density at radius 3 is 2.39 bits per heavy atom. The molecule has 0 heterocycles. The fraction of sp³-hybridized carbons (Fsp3) is 1.00. The van der Waals surface area contributed by atoms with E-state index in [2.05, 4.69) is 45.0 Å². The van der Waals surface area contributed by atoms with Gasteiger partial charge in [0.1, 0.15) is 0 Å². The van der Waals surface area contributed by atoms with Gasteiger partial charge in [0.2, 0.25) is 0 Å². The molecule has 0 amide bonds. The van der Waals surface area contributed by atoms with E-state index in [9.17, 15) is 0 Å². The molecular formula is C16H34N2. The van der Waals surface area contributed by atoms with Crippen molar-refractivity contribution in [1.29, 1.82) is 0 Å². The molecule has 0 radical (unpaired) electrons. The fourth-order valence-electron chi connectivity index (χ4n) is 3.29. The van der Waals surface area contributed by atoms with Gasteiger partial charge in [-0.1, -0.05) is 40.5 Å². The van der Waals surface area contributed by atoms with E-state index in [4.69, 9.17) is 0 Å². The van der Waals surface area contributed by atoms with Crippen molar-refractivity contribution >= 4 is 0 Å². The third-order valence-electron chi connectivity index (χ3n) is 4.57. The summed E-state index contributed by atoms with van der Waals surface area (Å²) in [7, 11) is 2.34. The number of likely N-dealkylation sites (N-methyl/N-ethyl adjacent to an activating group) is 1. The summed E-state index contributed by atoms with van der Waals surface area (Å²) in [6.45, 7) is 11.6. The van der Waals surface area contributed by atoms with E-state index >= 15 is 0 Å². The molecule has 0 bridgehead atoms. The standard InChI is InChI=1S/C16H34N2/c1-6-15(12-17-11-13(2)3)18(5)16-10-8-7-9-14(16)4/h13-17H,6-12H2,1-5H3. The molecule has 2 heteroatoms. The Balaban J connectivity index is 2.42. The second-order valence-corrected chi connectivity index (χ2v) is 6.61. The Kier molecular flexibility index (Phi) is 7.25. The average molecular weight is 254 g/mol. The first-order valence-corrected chi connectivity index (χ1v) is 7.98. The first kappa shape index (κ1) is 16.0. The van der Waals surface area contributed by atoms with Gasteiger partial charge in [-0.2, -0.15) is 0 Å². The van der Waals surface area contributed by atoms with Crippen LogP contribution in [0.1, 0.15) is 59.8 Å². The van der Waals surface area contributed by atoms with Gasteiger partial charge in [0.15, 0.2) is 0 Å². The minimum atomic E-state index is 0.703. The summed E-state index contributed by atoms with van der Waals surface area (Å²) >= 11 is 0. The van der Waals surface area contributed by atoms with E-state index in [-0.39, 0.29) is 0 Å². The van der Waals surface area contributed by atoms with Gasteiger partial charge in [-0.25, -0.2) is 0 Å². The molecule has 1 aliphatic carbocycles. The molecule has 0 spiro atoms. The molecule has 1 N–H and O–H groups in total. The van der Waals surface area contributed by atoms with E-state index in [1.807, 2.05) is 0 Å². The van der Waals surface area contributed by atoms with Crippen molar-refractivity contribution in [2.24, 2.45) is 11.8 Å². The van der Waals surface area contributed by atoms with Crippen LogP contribution in [0.4, 0.5) is 0 Å². The first-order valence-electron chi connectivity index (χ1n) is 7.98. The van der Waals surface area contributed by atoms with Crippen LogP contribution < -0.4 is 5.32 Å². The topological polar surface area (TPSA) is 15.3 Å². The minimum absolute atomic E-state index is 0.703. The van der Waals surface area contributed by atoms with Crippen molar-refractivity contribution in [3.8, 4) is 0 Å². The number of nitrogens with one attached hydrogen (secondary N) is 1. The Labute approximate surface area is 115 Å². The van der Waals surface area contributed by atoms with Crippen molar-refractivity contribution < 1.29 is 0 Å². The van der Waals surface area contributed by atoms with E-state index in [1.165, 1.54) is 32.1 Å². The first-order chi connectivity index (χ1) is 8.56. The normalized spacial score (nSPS) is 26.8. The zero-order chi connectivity index (χ0) is 13.5. The maximum Gasteiger partial charge on any atom is 0.0218 e. The summed E-state index contributed by atoms with van der Waals surface area (Å²) in [6.07, 6.45) is 6.94. The molecule has 3 unspecified atom stereocenters. The lowest BCUT2D eigenvalue weighted by Crippen LogP contribution is -2.49. The molecular weight excluding hydrogens is 220 g/mol. The van der Waals surface area contributed by atoms with Crippen molar-refractivity contribution in [2.45, 2.75) is 71.9 Å². The molecule has 3 atom stereocenters. The van der Waals surface area contributed by atoms with Gasteiger partial charge in [0, 0.05) is 18.6 Å². The monoisotopic (exact) mass is 254 g/mol. The van der Waals surface area contributed by atoms with Crippen LogP contribution in [0, 0.1) is 11.8 Å². The maximum atomic E-state index is 3.63. The fourth-order valence-corrected chi connectivity index (χ4v) is 3.29. The van der Waals surface area contributed by atoms with Crippen molar-refractivity contribution in [2.75, 3.05) is 20.1 Å². The Hall–Kier alpha value is -0.0800. The van der Waals surface area contributed by atoms with Crippen LogP contribution in [-0.2, 0) is 0 Å². The van der Waals surface area contributed by atoms with Crippen LogP contribution in [0.25, 0.3) is 0 Å². The molecule has 0 saturated heterocycles. The predicted molar refractivity (Wildman–Crippen MR) is 81.0 cm³/mol. The largest absolute Gasteiger partial charge is 0.315 e. The quantitative estimate of drug-likeness (QED) is 0.748. The zero-order valence-electron chi connectivity index (χ0n) is 13.2. The molecule has 0 aromatic rings. The summed E-state index contributed by atoms with van der Waals surface area (Å²) in [5.41, 5.74) is 0. The lowest BCUT2D eigenvalue weighted by atomic mass is 9.84. The highest BCUT2D eigenvalue weighted by Gasteiger charge is 2.28. The highest BCUT2D eigenvalue weighted by molar-refractivity contribution is 4.83. The summed E-state index contributed by atoms with van der Waals surface area (Å²) in [5.74, 6) is 1.63. The number of nitrogens with zero attached hydrogens (tertiary/aromatic N) is 1. The van der Waals surface area contributed by atoms with Crippen LogP contribution in [0.15, 0.2) is 0 Å². The summed E-state index contributed by atoms with van der Waals surface area (Å²) in [5, 5.41) is 3.63. The van der Waals surface area contributed by atoms with Crippen molar-refractivity contribution in [3.63, 3.8) is 0 Å². The van der Waals surface area contributed by atoms with E-state index < -0.39 is 0 Å². The molecule has 1 fully saturated rings. The molecule has 2 nitrogen and oxygen atoms in total. The summed E-state index contributed by atoms with van der Waals surface area (Å²) in [6, 6.07) is 1.51. The van der Waals surface area contributed by atoms with Gasteiger partial charge in [0.25, 0.3) is 0 Å². The Morgan fingerprint density at radius 1 is 1.17 bits per heavy atom. The number of hydrogen-bond acceptors (Lipinski definition) is 2. The SMILES string of the molecule is CCC(CNCC(C)C)N(C)C1CCCCC1C. The van der Waals surface area contributed by atoms with Gasteiger partial charge >= 0.3 is 0 Å². The van der Waals surface area contributed by atoms with E-state index in [0.29, 0.717) is 6.04 Å². The van der Waals surface area contributed by atoms with Gasteiger partial charge in [0.05, 0.1) is 0 Å². The van der Waals surface area contributed by atoms with Gasteiger partial charge in [-0.3, -0.25) is 4.90 Å². The van der Waals surface area contributed by atoms with Gasteiger partial charge < -0.3 is 5.32 Å². The Morgan fingerprint density at radius 2 is 1.83 bits per heavy atom. The molecule has 0 aromatic heterocycles. The van der Waals surface area contributed by atoms with Crippen LogP contribution in [0.3, 0.4) is 0 Å². The van der Waals surface area contributed by atoms with Crippen LogP contribution in [0.5, 0.6) is 0 Å². The van der Waals surface area contributed by atoms with E-state index in [1.54, 1.807) is 0 Å². The van der Waals surface area contributed by atoms with Crippen molar-refractivity contribution in [3.05, 3.63) is 0 Å². The number of hydrogen-bond donors (Lipinski definition) is 1. The van der Waals surface area contributed by atoms with Crippen LogP contribution in [-0.4, -0.2) is 37.1 Å². The second kappa shape index (κ2) is 8.16. The molecule has 0 aromatic carbocycles. The highest BCUT2D eigenvalue weighted by atomic mass is 15.2. The lowest BCUT2D eigenvalue weighted by Gasteiger charge is -2.40. The summed E-state index contributed by atoms with van der Waals surface area (Å²) in [4.78, 5) is 2.66. The predicted octanol–water partition coefficient (Wildman–Crippen LogP) is 3.52. The average Bonchev–Trinajstić information content (AvgIpc) is 2.34. The van der Waals surface area contributed by atoms with Crippen LogP contribution in [0.2, 0.25) is 0 Å². The van der Waals surface area contributed by atoms with Crippen LogP contribution >= 0.6 is 0 Å². The lowest BCUT2D eigenvalue weighted by molar-refractivity contribution is 0.0929. The number of rotatable bonds is 7. The third kappa shape index (κ3) is 4.89. The third-order valence-corrected chi connectivity index (χ3v) is 4.57. The molecule has 1 saturated carbocycles. The molecule has 0 aliphatic heterocycles. The molecule has 1 aliphatic rings. The minimum Gasteiger partial charge on any atom is -0.315 e. The van der Waals surface area contributed by atoms with E-state index in [0.717, 1.165) is 31.0 Å². The molecule has 18 heavy (non-hydrogen) atoms. The smallest absolute Gasteiger partial charge is 0.0218 e. The summed E-state index contributed by atoms with van der Waals surface area (Å²) < 4.78 is 0. The van der Waals surface area contributed by atoms with Crippen molar-refractivity contribution in [1.82, 2.24) is 10.2 Å². The Bertz CT molecular complexity index is 215. The van der Waals surface area contributed by atoms with Gasteiger partial charge in [-0.15, -0.1) is 0 Å². The zero-order valence-corrected chi connectivity index (χ0v) is 13.2. The maximum absolute atomic E-state index is 3.63. The molecule has 1 rings (SSSR count). The molecule has 108 valence electrons. The van der Waals surface area contributed by atoms with Gasteiger partial charge in [-0.05, 0) is 44.7 Å². The highest BCUT2D eigenvalue weighted by Crippen LogP contribution is 2.28. The second-order valence-electron chi connectivity index (χ2n) is 6.61.